The standard InChI is InChI=1S/C27H23F4N5O4/c1-2-40-24-18(13-22(32)37)12-21(35-23(24)15-3-6-19(28)7-4-15)26(39,27(29,30)31)14-33-25(38)17-5-8-20-16(11-17)9-10-34-36-20/h3-12,39H,2,13-14H2,1H3,(H2,32,37)(H,33,38)/t26-/m0/s1. The van der Waals surface area contributed by atoms with Gasteiger partial charge in [0.2, 0.25) is 11.5 Å². The van der Waals surface area contributed by atoms with E-state index in [4.69, 9.17) is 10.5 Å². The number of fused-ring (bicyclic) bond motifs is 1. The molecule has 0 radical (unpaired) electrons. The van der Waals surface area contributed by atoms with E-state index in [1.807, 2.05) is 0 Å². The molecule has 208 valence electrons. The molecule has 40 heavy (non-hydrogen) atoms. The van der Waals surface area contributed by atoms with Gasteiger partial charge in [-0.2, -0.15) is 23.4 Å². The summed E-state index contributed by atoms with van der Waals surface area (Å²) in [6.45, 7) is 0.344. The number of carbonyl (C=O) groups excluding carboxylic acids is 2. The molecule has 1 atom stereocenters. The lowest BCUT2D eigenvalue weighted by Gasteiger charge is -2.31. The zero-order valence-corrected chi connectivity index (χ0v) is 21.0. The van der Waals surface area contributed by atoms with E-state index in [1.165, 1.54) is 36.5 Å². The first-order valence-electron chi connectivity index (χ1n) is 11.9. The van der Waals surface area contributed by atoms with Gasteiger partial charge < -0.3 is 20.9 Å². The molecular formula is C27H23F4N5O4. The number of pyridine rings is 1. The van der Waals surface area contributed by atoms with Crippen molar-refractivity contribution in [2.75, 3.05) is 13.2 Å². The van der Waals surface area contributed by atoms with Crippen molar-refractivity contribution in [3.8, 4) is 17.0 Å². The van der Waals surface area contributed by atoms with Crippen molar-refractivity contribution in [2.45, 2.75) is 25.1 Å². The second kappa shape index (κ2) is 11.2. The number of benzene rings is 2. The summed E-state index contributed by atoms with van der Waals surface area (Å²) in [6, 6.07) is 11.3. The van der Waals surface area contributed by atoms with E-state index >= 15 is 0 Å². The molecule has 2 heterocycles. The minimum atomic E-state index is -5.33. The van der Waals surface area contributed by atoms with Crippen LogP contribution in [-0.4, -0.2) is 51.4 Å². The molecule has 0 bridgehead atoms. The van der Waals surface area contributed by atoms with Gasteiger partial charge in [-0.15, -0.1) is 0 Å². The first kappa shape index (κ1) is 28.4. The number of nitrogens with two attached hydrogens (primary N) is 1. The fourth-order valence-electron chi connectivity index (χ4n) is 4.00. The molecular weight excluding hydrogens is 534 g/mol. The van der Waals surface area contributed by atoms with E-state index in [1.54, 1.807) is 13.0 Å². The predicted molar refractivity (Wildman–Crippen MR) is 136 cm³/mol. The van der Waals surface area contributed by atoms with Crippen molar-refractivity contribution in [1.82, 2.24) is 20.5 Å². The van der Waals surface area contributed by atoms with Gasteiger partial charge in [-0.25, -0.2) is 9.37 Å². The van der Waals surface area contributed by atoms with Crippen LogP contribution in [0.5, 0.6) is 5.75 Å². The number of aromatic nitrogens is 3. The van der Waals surface area contributed by atoms with Crippen LogP contribution in [0.1, 0.15) is 28.5 Å². The fourth-order valence-corrected chi connectivity index (χ4v) is 4.00. The summed E-state index contributed by atoms with van der Waals surface area (Å²) >= 11 is 0. The lowest BCUT2D eigenvalue weighted by molar-refractivity contribution is -0.265. The number of ether oxygens (including phenoxy) is 1. The monoisotopic (exact) mass is 557 g/mol. The van der Waals surface area contributed by atoms with Crippen LogP contribution in [0.3, 0.4) is 0 Å². The molecule has 0 aliphatic carbocycles. The van der Waals surface area contributed by atoms with E-state index in [2.05, 4.69) is 20.5 Å². The average molecular weight is 558 g/mol. The number of amides is 2. The summed E-state index contributed by atoms with van der Waals surface area (Å²) in [5.74, 6) is -2.44. The average Bonchev–Trinajstić information content (AvgIpc) is 2.91. The van der Waals surface area contributed by atoms with Crippen LogP contribution in [0.2, 0.25) is 0 Å². The lowest BCUT2D eigenvalue weighted by atomic mass is 9.93. The molecule has 13 heteroatoms. The second-order valence-corrected chi connectivity index (χ2v) is 8.77. The number of rotatable bonds is 9. The van der Waals surface area contributed by atoms with Crippen LogP contribution in [-0.2, 0) is 16.8 Å². The topological polar surface area (TPSA) is 140 Å². The van der Waals surface area contributed by atoms with Crippen LogP contribution >= 0.6 is 0 Å². The van der Waals surface area contributed by atoms with Gasteiger partial charge in [0.15, 0.2) is 0 Å². The maximum absolute atomic E-state index is 14.5. The number of alkyl halides is 3. The predicted octanol–water partition coefficient (Wildman–Crippen LogP) is 3.44. The van der Waals surface area contributed by atoms with Gasteiger partial charge in [0, 0.05) is 22.1 Å². The highest BCUT2D eigenvalue weighted by molar-refractivity contribution is 5.97. The van der Waals surface area contributed by atoms with Crippen molar-refractivity contribution in [2.24, 2.45) is 5.73 Å². The molecule has 2 aromatic heterocycles. The third kappa shape index (κ3) is 5.83. The minimum absolute atomic E-state index is 0.0195. The molecule has 2 amide bonds. The number of halogens is 4. The highest BCUT2D eigenvalue weighted by Gasteiger charge is 2.56. The van der Waals surface area contributed by atoms with Gasteiger partial charge in [-0.3, -0.25) is 9.59 Å². The molecule has 0 aliphatic rings. The molecule has 0 aliphatic heterocycles. The van der Waals surface area contributed by atoms with Crippen LogP contribution in [0, 0.1) is 5.82 Å². The summed E-state index contributed by atoms with van der Waals surface area (Å²) in [5.41, 5.74) is 1.10. The van der Waals surface area contributed by atoms with E-state index < -0.39 is 48.1 Å². The number of hydrogen-bond acceptors (Lipinski definition) is 7. The normalized spacial score (nSPS) is 13.1. The number of nitrogens with one attached hydrogen (secondary N) is 1. The molecule has 0 saturated carbocycles. The van der Waals surface area contributed by atoms with Crippen molar-refractivity contribution in [1.29, 1.82) is 0 Å². The van der Waals surface area contributed by atoms with Crippen LogP contribution in [0.4, 0.5) is 17.6 Å². The van der Waals surface area contributed by atoms with Crippen molar-refractivity contribution < 1.29 is 37.0 Å². The molecule has 0 fully saturated rings. The number of hydrogen-bond donors (Lipinski definition) is 3. The van der Waals surface area contributed by atoms with Gasteiger partial charge in [0.05, 0.1) is 37.0 Å². The number of carbonyl (C=O) groups is 2. The van der Waals surface area contributed by atoms with Crippen molar-refractivity contribution in [3.05, 3.63) is 83.4 Å². The first-order chi connectivity index (χ1) is 18.9. The fraction of sp³-hybridized carbons (Fsp3) is 0.222. The molecule has 4 N–H and O–H groups in total. The number of nitrogens with zero attached hydrogens (tertiary/aromatic N) is 3. The smallest absolute Gasteiger partial charge is 0.424 e. The molecule has 0 spiro atoms. The largest absolute Gasteiger partial charge is 0.491 e. The van der Waals surface area contributed by atoms with Crippen LogP contribution in [0.15, 0.2) is 60.8 Å². The Hall–Kier alpha value is -4.65. The Morgan fingerprint density at radius 1 is 1.07 bits per heavy atom. The zero-order chi connectivity index (χ0) is 29.1. The Morgan fingerprint density at radius 3 is 2.45 bits per heavy atom. The van der Waals surface area contributed by atoms with Gasteiger partial charge in [-0.1, -0.05) is 0 Å². The van der Waals surface area contributed by atoms with E-state index in [0.717, 1.165) is 18.2 Å². The van der Waals surface area contributed by atoms with E-state index in [-0.39, 0.29) is 34.7 Å². The Morgan fingerprint density at radius 2 is 1.80 bits per heavy atom. The maximum atomic E-state index is 14.5. The SMILES string of the molecule is CCOc1c(CC(N)=O)cc([C@@](O)(CNC(=O)c2ccc3nnccc3c2)C(F)(F)F)nc1-c1ccc(F)cc1. The van der Waals surface area contributed by atoms with Gasteiger partial charge >= 0.3 is 6.18 Å². The number of aliphatic hydroxyl groups is 1. The van der Waals surface area contributed by atoms with Crippen molar-refractivity contribution >= 4 is 22.7 Å². The highest BCUT2D eigenvalue weighted by Crippen LogP contribution is 2.42. The quantitative estimate of drug-likeness (QED) is 0.268. The Labute approximate surface area is 225 Å². The summed E-state index contributed by atoms with van der Waals surface area (Å²) in [6.07, 6.45) is -4.48. The van der Waals surface area contributed by atoms with E-state index in [0.29, 0.717) is 10.9 Å². The summed E-state index contributed by atoms with van der Waals surface area (Å²) in [7, 11) is 0. The molecule has 4 rings (SSSR count). The number of primary amides is 1. The minimum Gasteiger partial charge on any atom is -0.491 e. The summed E-state index contributed by atoms with van der Waals surface area (Å²) < 4.78 is 62.5. The van der Waals surface area contributed by atoms with E-state index in [9.17, 15) is 32.3 Å². The third-order valence-corrected chi connectivity index (χ3v) is 5.99. The first-order valence-corrected chi connectivity index (χ1v) is 11.9. The van der Waals surface area contributed by atoms with Gasteiger partial charge in [0.25, 0.3) is 5.91 Å². The Kier molecular flexibility index (Phi) is 7.96. The molecule has 4 aromatic rings. The summed E-state index contributed by atoms with van der Waals surface area (Å²) in [5, 5.41) is 21.3. The maximum Gasteiger partial charge on any atom is 0.424 e. The molecule has 0 saturated heterocycles. The summed E-state index contributed by atoms with van der Waals surface area (Å²) in [4.78, 5) is 28.6. The highest BCUT2D eigenvalue weighted by atomic mass is 19.4. The van der Waals surface area contributed by atoms with Gasteiger partial charge in [-0.05, 0) is 61.5 Å². The van der Waals surface area contributed by atoms with Gasteiger partial charge in [0.1, 0.15) is 17.3 Å². The molecule has 9 nitrogen and oxygen atoms in total. The lowest BCUT2D eigenvalue weighted by Crippen LogP contribution is -2.51. The Bertz CT molecular complexity index is 1560. The van der Waals surface area contributed by atoms with Crippen LogP contribution in [0.25, 0.3) is 22.2 Å². The molecule has 2 aromatic carbocycles. The van der Waals surface area contributed by atoms with Crippen molar-refractivity contribution in [3.63, 3.8) is 0 Å². The molecule has 0 unspecified atom stereocenters. The second-order valence-electron chi connectivity index (χ2n) is 8.77. The Balaban J connectivity index is 1.79. The zero-order valence-electron chi connectivity index (χ0n) is 21.0. The van der Waals surface area contributed by atoms with Crippen LogP contribution < -0.4 is 15.8 Å². The third-order valence-electron chi connectivity index (χ3n) is 5.99.